The number of carbonyl (C=O) groups is 2. The first-order chi connectivity index (χ1) is 8.96. The SMILES string of the molecule is CCC1C(=O)NC(C)(CC)C(=O)N1C1CC(OC)C1. The smallest absolute Gasteiger partial charge is 0.248 e. The molecule has 1 aliphatic carbocycles. The van der Waals surface area contributed by atoms with E-state index in [1.165, 1.54) is 0 Å². The highest BCUT2D eigenvalue weighted by Crippen LogP contribution is 2.34. The molecular weight excluding hydrogens is 244 g/mol. The molecule has 1 heterocycles. The van der Waals surface area contributed by atoms with Crippen LogP contribution in [0.2, 0.25) is 0 Å². The highest BCUT2D eigenvalue weighted by atomic mass is 16.5. The molecule has 19 heavy (non-hydrogen) atoms. The van der Waals surface area contributed by atoms with Gasteiger partial charge in [-0.1, -0.05) is 13.8 Å². The van der Waals surface area contributed by atoms with Gasteiger partial charge in [-0.3, -0.25) is 9.59 Å². The van der Waals surface area contributed by atoms with Gasteiger partial charge in [-0.15, -0.1) is 0 Å². The predicted molar refractivity (Wildman–Crippen MR) is 71.6 cm³/mol. The van der Waals surface area contributed by atoms with Gasteiger partial charge in [-0.05, 0) is 32.6 Å². The van der Waals surface area contributed by atoms with Crippen LogP contribution in [0.5, 0.6) is 0 Å². The Bertz CT molecular complexity index is 379. The molecule has 0 aromatic carbocycles. The van der Waals surface area contributed by atoms with Gasteiger partial charge < -0.3 is 15.0 Å². The summed E-state index contributed by atoms with van der Waals surface area (Å²) in [5.41, 5.74) is -0.749. The maximum absolute atomic E-state index is 12.7. The lowest BCUT2D eigenvalue weighted by Crippen LogP contribution is -2.72. The van der Waals surface area contributed by atoms with Crippen LogP contribution >= 0.6 is 0 Å². The maximum atomic E-state index is 12.7. The molecule has 2 fully saturated rings. The fourth-order valence-electron chi connectivity index (χ4n) is 2.96. The average Bonchev–Trinajstić information content (AvgIpc) is 2.34. The standard InChI is InChI=1S/C14H24N2O3/c1-5-11-12(17)15-14(3,6-2)13(18)16(11)9-7-10(8-9)19-4/h9-11H,5-8H2,1-4H3,(H,15,17). The van der Waals surface area contributed by atoms with Gasteiger partial charge >= 0.3 is 0 Å². The summed E-state index contributed by atoms with van der Waals surface area (Å²) in [4.78, 5) is 26.7. The fourth-order valence-corrected chi connectivity index (χ4v) is 2.96. The van der Waals surface area contributed by atoms with Crippen molar-refractivity contribution in [3.8, 4) is 0 Å². The molecule has 2 rings (SSSR count). The first kappa shape index (κ1) is 14.3. The molecule has 0 aromatic rings. The third kappa shape index (κ3) is 2.24. The number of carbonyl (C=O) groups excluding carboxylic acids is 2. The van der Waals surface area contributed by atoms with Crippen LogP contribution in [0.4, 0.5) is 0 Å². The predicted octanol–water partition coefficient (Wildman–Crippen LogP) is 1.07. The minimum atomic E-state index is -0.749. The monoisotopic (exact) mass is 268 g/mol. The Hall–Kier alpha value is -1.10. The van der Waals surface area contributed by atoms with Gasteiger partial charge in [0.2, 0.25) is 11.8 Å². The summed E-state index contributed by atoms with van der Waals surface area (Å²) in [6.45, 7) is 5.70. The fraction of sp³-hybridized carbons (Fsp3) is 0.857. The van der Waals surface area contributed by atoms with E-state index >= 15 is 0 Å². The van der Waals surface area contributed by atoms with Crippen LogP contribution in [-0.2, 0) is 14.3 Å². The lowest BCUT2D eigenvalue weighted by Gasteiger charge is -2.51. The van der Waals surface area contributed by atoms with Crippen molar-refractivity contribution in [3.05, 3.63) is 0 Å². The lowest BCUT2D eigenvalue weighted by atomic mass is 9.82. The molecular formula is C14H24N2O3. The molecule has 5 nitrogen and oxygen atoms in total. The molecule has 0 spiro atoms. The molecule has 108 valence electrons. The number of hydrogen-bond donors (Lipinski definition) is 1. The van der Waals surface area contributed by atoms with Crippen molar-refractivity contribution in [1.82, 2.24) is 10.2 Å². The highest BCUT2D eigenvalue weighted by Gasteiger charge is 2.51. The van der Waals surface area contributed by atoms with Gasteiger partial charge in [0.15, 0.2) is 0 Å². The molecule has 1 aliphatic heterocycles. The summed E-state index contributed by atoms with van der Waals surface area (Å²) in [5, 5.41) is 2.89. The molecule has 1 saturated heterocycles. The molecule has 2 atom stereocenters. The number of nitrogens with zero attached hydrogens (tertiary/aromatic N) is 1. The Labute approximate surface area is 114 Å². The van der Waals surface area contributed by atoms with E-state index in [4.69, 9.17) is 4.74 Å². The van der Waals surface area contributed by atoms with Gasteiger partial charge in [0.05, 0.1) is 6.10 Å². The summed E-state index contributed by atoms with van der Waals surface area (Å²) in [5.74, 6) is 0.0355. The van der Waals surface area contributed by atoms with Gasteiger partial charge in [-0.2, -0.15) is 0 Å². The van der Waals surface area contributed by atoms with E-state index in [0.29, 0.717) is 12.8 Å². The number of hydrogen-bond acceptors (Lipinski definition) is 3. The van der Waals surface area contributed by atoms with Crippen molar-refractivity contribution in [2.45, 2.75) is 70.2 Å². The lowest BCUT2D eigenvalue weighted by molar-refractivity contribution is -0.163. The molecule has 0 aromatic heterocycles. The first-order valence-electron chi connectivity index (χ1n) is 7.14. The van der Waals surface area contributed by atoms with Crippen LogP contribution in [0.1, 0.15) is 46.5 Å². The highest BCUT2D eigenvalue weighted by molar-refractivity contribution is 5.99. The van der Waals surface area contributed by atoms with Crippen molar-refractivity contribution in [2.75, 3.05) is 7.11 Å². The summed E-state index contributed by atoms with van der Waals surface area (Å²) in [7, 11) is 1.69. The molecule has 1 N–H and O–H groups in total. The van der Waals surface area contributed by atoms with E-state index in [9.17, 15) is 9.59 Å². The zero-order chi connectivity index (χ0) is 14.2. The van der Waals surface area contributed by atoms with Crippen LogP contribution in [0, 0.1) is 0 Å². The van der Waals surface area contributed by atoms with E-state index in [-0.39, 0.29) is 30.0 Å². The second kappa shape index (κ2) is 5.12. The van der Waals surface area contributed by atoms with Crippen LogP contribution < -0.4 is 5.32 Å². The summed E-state index contributed by atoms with van der Waals surface area (Å²) >= 11 is 0. The Balaban J connectivity index is 2.20. The zero-order valence-corrected chi connectivity index (χ0v) is 12.2. The maximum Gasteiger partial charge on any atom is 0.248 e. The summed E-state index contributed by atoms with van der Waals surface area (Å²) < 4.78 is 5.28. The Morgan fingerprint density at radius 3 is 2.47 bits per heavy atom. The number of rotatable bonds is 4. The molecule has 2 unspecified atom stereocenters. The molecule has 1 saturated carbocycles. The zero-order valence-electron chi connectivity index (χ0n) is 12.2. The summed E-state index contributed by atoms with van der Waals surface area (Å²) in [6.07, 6.45) is 3.18. The third-order valence-electron chi connectivity index (χ3n) is 4.63. The van der Waals surface area contributed by atoms with Crippen molar-refractivity contribution in [1.29, 1.82) is 0 Å². The molecule has 0 radical (unpaired) electrons. The molecule has 5 heteroatoms. The van der Waals surface area contributed by atoms with Crippen LogP contribution in [0.25, 0.3) is 0 Å². The van der Waals surface area contributed by atoms with Gasteiger partial charge in [0.1, 0.15) is 11.6 Å². The van der Waals surface area contributed by atoms with Crippen molar-refractivity contribution >= 4 is 11.8 Å². The average molecular weight is 268 g/mol. The Morgan fingerprint density at radius 1 is 1.37 bits per heavy atom. The minimum Gasteiger partial charge on any atom is -0.381 e. The summed E-state index contributed by atoms with van der Waals surface area (Å²) in [6, 6.07) is -0.172. The van der Waals surface area contributed by atoms with E-state index in [1.807, 2.05) is 25.7 Å². The van der Waals surface area contributed by atoms with E-state index in [0.717, 1.165) is 12.8 Å². The topological polar surface area (TPSA) is 58.6 Å². The van der Waals surface area contributed by atoms with E-state index in [2.05, 4.69) is 5.32 Å². The van der Waals surface area contributed by atoms with Crippen LogP contribution in [0.3, 0.4) is 0 Å². The minimum absolute atomic E-state index is 0.0210. The van der Waals surface area contributed by atoms with Crippen LogP contribution in [0.15, 0.2) is 0 Å². The van der Waals surface area contributed by atoms with E-state index < -0.39 is 5.54 Å². The second-order valence-electron chi connectivity index (χ2n) is 5.79. The van der Waals surface area contributed by atoms with Gasteiger partial charge in [0.25, 0.3) is 0 Å². The largest absolute Gasteiger partial charge is 0.381 e. The molecule has 2 amide bonds. The molecule has 2 aliphatic rings. The number of methoxy groups -OCH3 is 1. The Morgan fingerprint density at radius 2 is 2.00 bits per heavy atom. The number of piperazine rings is 1. The number of nitrogens with one attached hydrogen (secondary N) is 1. The first-order valence-corrected chi connectivity index (χ1v) is 7.14. The number of amides is 2. The normalized spacial score (nSPS) is 38.9. The van der Waals surface area contributed by atoms with Crippen molar-refractivity contribution in [3.63, 3.8) is 0 Å². The van der Waals surface area contributed by atoms with Gasteiger partial charge in [-0.25, -0.2) is 0 Å². The Kier molecular flexibility index (Phi) is 3.85. The molecule has 0 bridgehead atoms. The van der Waals surface area contributed by atoms with Crippen LogP contribution in [-0.4, -0.2) is 47.6 Å². The number of ether oxygens (including phenoxy) is 1. The third-order valence-corrected chi connectivity index (χ3v) is 4.63. The quantitative estimate of drug-likeness (QED) is 0.829. The van der Waals surface area contributed by atoms with E-state index in [1.54, 1.807) is 7.11 Å². The second-order valence-corrected chi connectivity index (χ2v) is 5.79. The van der Waals surface area contributed by atoms with Crippen molar-refractivity contribution in [2.24, 2.45) is 0 Å². The van der Waals surface area contributed by atoms with Gasteiger partial charge in [0, 0.05) is 13.2 Å². The van der Waals surface area contributed by atoms with Crippen molar-refractivity contribution < 1.29 is 14.3 Å².